The first kappa shape index (κ1) is 17.2. The highest BCUT2D eigenvalue weighted by Gasteiger charge is 2.52. The number of ether oxygens (including phenoxy) is 4. The van der Waals surface area contributed by atoms with Gasteiger partial charge in [-0.05, 0) is 26.0 Å². The molecule has 2 fully saturated rings. The van der Waals surface area contributed by atoms with Gasteiger partial charge in [0.25, 0.3) is 0 Å². The van der Waals surface area contributed by atoms with E-state index in [1.54, 1.807) is 26.0 Å². The molecular weight excluding hydrogens is 314 g/mol. The molecule has 24 heavy (non-hydrogen) atoms. The zero-order valence-electron chi connectivity index (χ0n) is 14.0. The largest absolute Gasteiger partial charge is 0.463 e. The molecule has 7 nitrogen and oxygen atoms in total. The molecule has 2 aliphatic heterocycles. The van der Waals surface area contributed by atoms with Crippen molar-refractivity contribution in [3.05, 3.63) is 30.3 Å². The van der Waals surface area contributed by atoms with E-state index in [4.69, 9.17) is 18.9 Å². The molecule has 2 aliphatic rings. The molecule has 1 amide bonds. The Bertz CT molecular complexity index is 578. The highest BCUT2D eigenvalue weighted by Crippen LogP contribution is 2.33. The molecule has 132 valence electrons. The minimum Gasteiger partial charge on any atom is -0.463 e. The van der Waals surface area contributed by atoms with Crippen LogP contribution in [0, 0.1) is 0 Å². The van der Waals surface area contributed by atoms with Crippen molar-refractivity contribution >= 4 is 5.91 Å². The van der Waals surface area contributed by atoms with Gasteiger partial charge in [0.1, 0.15) is 30.1 Å². The van der Waals surface area contributed by atoms with Crippen LogP contribution < -0.4 is 10.1 Å². The van der Waals surface area contributed by atoms with Crippen LogP contribution >= 0.6 is 0 Å². The van der Waals surface area contributed by atoms with Crippen molar-refractivity contribution in [1.82, 2.24) is 5.32 Å². The maximum atomic E-state index is 11.5. The summed E-state index contributed by atoms with van der Waals surface area (Å²) in [6.45, 7) is 5.20. The molecule has 0 bridgehead atoms. The van der Waals surface area contributed by atoms with Crippen LogP contribution in [0.2, 0.25) is 0 Å². The number of hydrogen-bond acceptors (Lipinski definition) is 6. The third-order valence-electron chi connectivity index (χ3n) is 4.05. The van der Waals surface area contributed by atoms with Crippen molar-refractivity contribution in [2.24, 2.45) is 0 Å². The number of carbonyl (C=O) groups is 1. The van der Waals surface area contributed by atoms with Gasteiger partial charge < -0.3 is 29.4 Å². The minimum absolute atomic E-state index is 0.274. The van der Waals surface area contributed by atoms with Crippen molar-refractivity contribution in [3.8, 4) is 5.75 Å². The van der Waals surface area contributed by atoms with Crippen molar-refractivity contribution in [1.29, 1.82) is 0 Å². The summed E-state index contributed by atoms with van der Waals surface area (Å²) in [4.78, 5) is 11.5. The summed E-state index contributed by atoms with van der Waals surface area (Å²) in [7, 11) is 0. The van der Waals surface area contributed by atoms with E-state index in [0.29, 0.717) is 5.75 Å². The normalized spacial score (nSPS) is 34.9. The Labute approximate surface area is 140 Å². The molecule has 5 atom stereocenters. The smallest absolute Gasteiger partial charge is 0.223 e. The average molecular weight is 337 g/mol. The molecule has 7 heteroatoms. The Morgan fingerprint density at radius 2 is 2.04 bits per heavy atom. The number of nitrogens with one attached hydrogen (secondary N) is 1. The third kappa shape index (κ3) is 3.70. The molecule has 1 aromatic carbocycles. The van der Waals surface area contributed by atoms with Gasteiger partial charge in [-0.15, -0.1) is 0 Å². The topological polar surface area (TPSA) is 86.3 Å². The van der Waals surface area contributed by atoms with Crippen LogP contribution in [0.25, 0.3) is 0 Å². The Morgan fingerprint density at radius 1 is 1.33 bits per heavy atom. The number of amides is 1. The second-order valence-corrected chi connectivity index (χ2v) is 6.48. The fourth-order valence-electron chi connectivity index (χ4n) is 2.97. The fraction of sp³-hybridized carbons (Fsp3) is 0.588. The van der Waals surface area contributed by atoms with Gasteiger partial charge in [-0.1, -0.05) is 18.2 Å². The Hall–Kier alpha value is -1.67. The third-order valence-corrected chi connectivity index (χ3v) is 4.05. The molecule has 0 spiro atoms. The summed E-state index contributed by atoms with van der Waals surface area (Å²) in [5.41, 5.74) is 0. The van der Waals surface area contributed by atoms with Gasteiger partial charge >= 0.3 is 0 Å². The lowest BCUT2D eigenvalue weighted by atomic mass is 9.95. The minimum atomic E-state index is -0.982. The van der Waals surface area contributed by atoms with Gasteiger partial charge in [-0.3, -0.25) is 4.79 Å². The number of rotatable bonds is 3. The quantitative estimate of drug-likeness (QED) is 0.849. The fourth-order valence-corrected chi connectivity index (χ4v) is 2.97. The van der Waals surface area contributed by atoms with Crippen LogP contribution in [-0.4, -0.2) is 54.1 Å². The van der Waals surface area contributed by atoms with Gasteiger partial charge in [0, 0.05) is 6.92 Å². The molecule has 5 unspecified atom stereocenters. The van der Waals surface area contributed by atoms with E-state index in [0.717, 1.165) is 0 Å². The maximum Gasteiger partial charge on any atom is 0.223 e. The van der Waals surface area contributed by atoms with E-state index in [1.807, 2.05) is 18.2 Å². The number of aliphatic hydroxyl groups excluding tert-OH is 1. The van der Waals surface area contributed by atoms with E-state index >= 15 is 0 Å². The number of para-hydroxylation sites is 1. The van der Waals surface area contributed by atoms with Crippen molar-refractivity contribution in [3.63, 3.8) is 0 Å². The molecule has 2 heterocycles. The van der Waals surface area contributed by atoms with Gasteiger partial charge in [0.05, 0.1) is 6.61 Å². The van der Waals surface area contributed by atoms with Crippen molar-refractivity contribution in [2.75, 3.05) is 6.61 Å². The summed E-state index contributed by atoms with van der Waals surface area (Å²) >= 11 is 0. The molecule has 0 aliphatic carbocycles. The lowest BCUT2D eigenvalue weighted by molar-refractivity contribution is -0.361. The summed E-state index contributed by atoms with van der Waals surface area (Å²) in [6, 6.07) is 8.35. The summed E-state index contributed by atoms with van der Waals surface area (Å²) < 4.78 is 23.1. The second kappa shape index (κ2) is 6.68. The molecule has 2 saturated heterocycles. The number of fused-ring (bicyclic) bond motifs is 1. The standard InChI is InChI=1S/C17H23NO6/c1-10(19)18-13-14(20)15-12(9-21-17(2,3)24-15)23-16(13)22-11-7-5-4-6-8-11/h4-8,12-16,20H,9H2,1-3H3,(H,18,19). The van der Waals surface area contributed by atoms with Gasteiger partial charge in [-0.25, -0.2) is 0 Å². The van der Waals surface area contributed by atoms with Gasteiger partial charge in [0.2, 0.25) is 12.2 Å². The number of carbonyl (C=O) groups excluding carboxylic acids is 1. The van der Waals surface area contributed by atoms with E-state index < -0.39 is 36.4 Å². The van der Waals surface area contributed by atoms with Crippen LogP contribution in [0.1, 0.15) is 20.8 Å². The van der Waals surface area contributed by atoms with Crippen LogP contribution in [0.5, 0.6) is 5.75 Å². The first-order chi connectivity index (χ1) is 11.4. The Morgan fingerprint density at radius 3 is 2.71 bits per heavy atom. The van der Waals surface area contributed by atoms with Crippen LogP contribution in [-0.2, 0) is 19.0 Å². The van der Waals surface area contributed by atoms with Crippen LogP contribution in [0.15, 0.2) is 30.3 Å². The zero-order chi connectivity index (χ0) is 17.3. The van der Waals surface area contributed by atoms with E-state index in [1.165, 1.54) is 6.92 Å². The number of aliphatic hydroxyl groups is 1. The maximum absolute atomic E-state index is 11.5. The SMILES string of the molecule is CC(=O)NC1C(Oc2ccccc2)OC2COC(C)(C)OC2C1O. The summed E-state index contributed by atoms with van der Waals surface area (Å²) in [6.07, 6.45) is -2.92. The van der Waals surface area contributed by atoms with Crippen molar-refractivity contribution < 1.29 is 28.8 Å². The predicted octanol–water partition coefficient (Wildman–Crippen LogP) is 0.807. The average Bonchev–Trinajstić information content (AvgIpc) is 2.52. The predicted molar refractivity (Wildman–Crippen MR) is 84.2 cm³/mol. The van der Waals surface area contributed by atoms with E-state index in [-0.39, 0.29) is 12.5 Å². The van der Waals surface area contributed by atoms with E-state index in [9.17, 15) is 9.90 Å². The first-order valence-corrected chi connectivity index (χ1v) is 8.00. The van der Waals surface area contributed by atoms with Crippen LogP contribution in [0.3, 0.4) is 0 Å². The number of benzene rings is 1. The molecule has 0 aromatic heterocycles. The molecule has 2 N–H and O–H groups in total. The van der Waals surface area contributed by atoms with Gasteiger partial charge in [0.15, 0.2) is 5.79 Å². The molecule has 3 rings (SSSR count). The lowest BCUT2D eigenvalue weighted by Crippen LogP contribution is -2.69. The molecule has 0 radical (unpaired) electrons. The lowest BCUT2D eigenvalue weighted by Gasteiger charge is -2.49. The van der Waals surface area contributed by atoms with Crippen molar-refractivity contribution in [2.45, 2.75) is 57.2 Å². The monoisotopic (exact) mass is 337 g/mol. The summed E-state index contributed by atoms with van der Waals surface area (Å²) in [5.74, 6) is -0.519. The number of hydrogen-bond donors (Lipinski definition) is 2. The highest BCUT2D eigenvalue weighted by atomic mass is 16.8. The summed E-state index contributed by atoms with van der Waals surface area (Å²) in [5, 5.41) is 13.4. The second-order valence-electron chi connectivity index (χ2n) is 6.48. The zero-order valence-corrected chi connectivity index (χ0v) is 14.0. The van der Waals surface area contributed by atoms with Gasteiger partial charge in [-0.2, -0.15) is 0 Å². The Balaban J connectivity index is 1.81. The first-order valence-electron chi connectivity index (χ1n) is 8.00. The Kier molecular flexibility index (Phi) is 4.78. The van der Waals surface area contributed by atoms with E-state index in [2.05, 4.69) is 5.32 Å². The van der Waals surface area contributed by atoms with Crippen LogP contribution in [0.4, 0.5) is 0 Å². The molecule has 1 aromatic rings. The molecular formula is C17H23NO6. The highest BCUT2D eigenvalue weighted by molar-refractivity contribution is 5.73. The molecule has 0 saturated carbocycles.